The standard InChI is InChI=1S/C16H26N2O2/c1-10(2)18-6-7-19-15(9-17)16(18)14-5-4-13(20-14)12-8-11(12)3/h4-5,10-12,15-16H,6-9,17H2,1-3H3. The first-order valence-corrected chi connectivity index (χ1v) is 7.78. The van der Waals surface area contributed by atoms with Gasteiger partial charge in [-0.25, -0.2) is 0 Å². The molecule has 2 heterocycles. The third kappa shape index (κ3) is 2.52. The molecule has 3 rings (SSSR count). The molecule has 0 bridgehead atoms. The van der Waals surface area contributed by atoms with E-state index < -0.39 is 0 Å². The van der Waals surface area contributed by atoms with Crippen molar-refractivity contribution in [2.75, 3.05) is 19.7 Å². The van der Waals surface area contributed by atoms with Crippen molar-refractivity contribution in [2.45, 2.75) is 51.3 Å². The minimum Gasteiger partial charge on any atom is -0.464 e. The topological polar surface area (TPSA) is 51.6 Å². The molecule has 1 aromatic rings. The third-order valence-electron chi connectivity index (χ3n) is 4.70. The van der Waals surface area contributed by atoms with Crippen molar-refractivity contribution in [2.24, 2.45) is 11.7 Å². The van der Waals surface area contributed by atoms with Crippen LogP contribution in [0.1, 0.15) is 50.7 Å². The summed E-state index contributed by atoms with van der Waals surface area (Å²) in [6, 6.07) is 4.88. The molecule has 1 aromatic heterocycles. The van der Waals surface area contributed by atoms with Gasteiger partial charge in [0, 0.05) is 25.0 Å². The van der Waals surface area contributed by atoms with E-state index in [4.69, 9.17) is 14.9 Å². The Balaban J connectivity index is 1.84. The van der Waals surface area contributed by atoms with Crippen LogP contribution < -0.4 is 5.73 Å². The predicted molar refractivity (Wildman–Crippen MR) is 78.6 cm³/mol. The molecule has 20 heavy (non-hydrogen) atoms. The van der Waals surface area contributed by atoms with Crippen LogP contribution in [0.3, 0.4) is 0 Å². The third-order valence-corrected chi connectivity index (χ3v) is 4.70. The van der Waals surface area contributed by atoms with E-state index in [1.165, 1.54) is 6.42 Å². The Morgan fingerprint density at radius 2 is 2.05 bits per heavy atom. The van der Waals surface area contributed by atoms with E-state index in [1.54, 1.807) is 0 Å². The number of nitrogens with two attached hydrogens (primary N) is 1. The van der Waals surface area contributed by atoms with Gasteiger partial charge in [-0.2, -0.15) is 0 Å². The molecule has 4 unspecified atom stereocenters. The number of hydrogen-bond acceptors (Lipinski definition) is 4. The van der Waals surface area contributed by atoms with E-state index >= 15 is 0 Å². The van der Waals surface area contributed by atoms with E-state index in [9.17, 15) is 0 Å². The Labute approximate surface area is 121 Å². The highest BCUT2D eigenvalue weighted by molar-refractivity contribution is 5.20. The van der Waals surface area contributed by atoms with Crippen LogP contribution in [-0.2, 0) is 4.74 Å². The first-order valence-electron chi connectivity index (χ1n) is 7.78. The molecule has 4 atom stereocenters. The van der Waals surface area contributed by atoms with Gasteiger partial charge in [0.1, 0.15) is 11.5 Å². The molecule has 112 valence electrons. The van der Waals surface area contributed by atoms with Crippen LogP contribution in [0.4, 0.5) is 0 Å². The van der Waals surface area contributed by atoms with Gasteiger partial charge in [-0.05, 0) is 38.3 Å². The van der Waals surface area contributed by atoms with Crippen LogP contribution in [0, 0.1) is 5.92 Å². The van der Waals surface area contributed by atoms with E-state index in [1.807, 2.05) is 0 Å². The van der Waals surface area contributed by atoms with Gasteiger partial charge in [0.25, 0.3) is 0 Å². The first-order chi connectivity index (χ1) is 9.61. The Morgan fingerprint density at radius 1 is 1.35 bits per heavy atom. The summed E-state index contributed by atoms with van der Waals surface area (Å²) in [5.41, 5.74) is 5.90. The number of furan rings is 1. The molecule has 4 heteroatoms. The van der Waals surface area contributed by atoms with Crippen LogP contribution in [-0.4, -0.2) is 36.7 Å². The number of nitrogens with zero attached hydrogens (tertiary/aromatic N) is 1. The van der Waals surface area contributed by atoms with Crippen molar-refractivity contribution in [1.82, 2.24) is 4.90 Å². The largest absolute Gasteiger partial charge is 0.464 e. The average Bonchev–Trinajstić information content (AvgIpc) is 2.99. The fourth-order valence-electron chi connectivity index (χ4n) is 3.32. The molecule has 1 aliphatic heterocycles. The summed E-state index contributed by atoms with van der Waals surface area (Å²) in [5.74, 6) is 3.54. The molecule has 0 aromatic carbocycles. The molecular formula is C16H26N2O2. The van der Waals surface area contributed by atoms with Crippen molar-refractivity contribution in [3.63, 3.8) is 0 Å². The van der Waals surface area contributed by atoms with Crippen molar-refractivity contribution in [3.8, 4) is 0 Å². The minimum atomic E-state index is 0.0294. The second kappa shape index (κ2) is 5.51. The lowest BCUT2D eigenvalue weighted by Gasteiger charge is -2.42. The van der Waals surface area contributed by atoms with Crippen molar-refractivity contribution >= 4 is 0 Å². The highest BCUT2D eigenvalue weighted by Crippen LogP contribution is 2.48. The van der Waals surface area contributed by atoms with Crippen LogP contribution in [0.25, 0.3) is 0 Å². The maximum atomic E-state index is 6.15. The zero-order valence-corrected chi connectivity index (χ0v) is 12.7. The molecule has 2 fully saturated rings. The van der Waals surface area contributed by atoms with Crippen molar-refractivity contribution < 1.29 is 9.15 Å². The monoisotopic (exact) mass is 278 g/mol. The van der Waals surface area contributed by atoms with E-state index in [0.717, 1.165) is 30.6 Å². The Hall–Kier alpha value is -0.840. The van der Waals surface area contributed by atoms with Crippen molar-refractivity contribution in [3.05, 3.63) is 23.7 Å². The van der Waals surface area contributed by atoms with E-state index in [-0.39, 0.29) is 12.1 Å². The van der Waals surface area contributed by atoms with Gasteiger partial charge < -0.3 is 14.9 Å². The summed E-state index contributed by atoms with van der Waals surface area (Å²) in [6.07, 6.45) is 1.28. The highest BCUT2D eigenvalue weighted by Gasteiger charge is 2.40. The van der Waals surface area contributed by atoms with E-state index in [0.29, 0.717) is 18.5 Å². The zero-order valence-electron chi connectivity index (χ0n) is 12.7. The normalized spacial score (nSPS) is 34.6. The predicted octanol–water partition coefficient (Wildman–Crippen LogP) is 2.51. The highest BCUT2D eigenvalue weighted by atomic mass is 16.5. The summed E-state index contributed by atoms with van der Waals surface area (Å²) < 4.78 is 12.0. The number of hydrogen-bond donors (Lipinski definition) is 1. The fraction of sp³-hybridized carbons (Fsp3) is 0.750. The maximum Gasteiger partial charge on any atom is 0.124 e. The molecule has 1 saturated heterocycles. The summed E-state index contributed by atoms with van der Waals surface area (Å²) in [4.78, 5) is 2.44. The zero-order chi connectivity index (χ0) is 14.3. The molecule has 0 radical (unpaired) electrons. The maximum absolute atomic E-state index is 6.15. The lowest BCUT2D eigenvalue weighted by Crippen LogP contribution is -2.50. The number of morpholine rings is 1. The molecule has 0 amide bonds. The quantitative estimate of drug-likeness (QED) is 0.919. The van der Waals surface area contributed by atoms with Crippen molar-refractivity contribution in [1.29, 1.82) is 0 Å². The van der Waals surface area contributed by atoms with Gasteiger partial charge in [0.15, 0.2) is 0 Å². The van der Waals surface area contributed by atoms with Gasteiger partial charge in [-0.15, -0.1) is 0 Å². The summed E-state index contributed by atoms with van der Waals surface area (Å²) in [7, 11) is 0. The second-order valence-corrected chi connectivity index (χ2v) is 6.48. The fourth-order valence-corrected chi connectivity index (χ4v) is 3.32. The van der Waals surface area contributed by atoms with Gasteiger partial charge in [-0.3, -0.25) is 4.90 Å². The smallest absolute Gasteiger partial charge is 0.124 e. The number of ether oxygens (including phenoxy) is 1. The second-order valence-electron chi connectivity index (χ2n) is 6.48. The Bertz CT molecular complexity index is 457. The van der Waals surface area contributed by atoms with Gasteiger partial charge >= 0.3 is 0 Å². The van der Waals surface area contributed by atoms with Gasteiger partial charge in [0.2, 0.25) is 0 Å². The Morgan fingerprint density at radius 3 is 2.65 bits per heavy atom. The molecule has 1 saturated carbocycles. The van der Waals surface area contributed by atoms with E-state index in [2.05, 4.69) is 37.8 Å². The molecule has 1 aliphatic carbocycles. The van der Waals surface area contributed by atoms with Crippen LogP contribution in [0.5, 0.6) is 0 Å². The molecule has 0 spiro atoms. The molecule has 4 nitrogen and oxygen atoms in total. The molecule has 2 N–H and O–H groups in total. The minimum absolute atomic E-state index is 0.0294. The average molecular weight is 278 g/mol. The first kappa shape index (κ1) is 14.1. The summed E-state index contributed by atoms with van der Waals surface area (Å²) >= 11 is 0. The number of rotatable bonds is 4. The SMILES string of the molecule is CC1CC1c1ccc(C2C(CN)OCCN2C(C)C)o1. The van der Waals surface area contributed by atoms with Crippen LogP contribution in [0.15, 0.2) is 16.5 Å². The molecule has 2 aliphatic rings. The Kier molecular flexibility index (Phi) is 3.89. The summed E-state index contributed by atoms with van der Waals surface area (Å²) in [6.45, 7) is 8.94. The van der Waals surface area contributed by atoms with Gasteiger partial charge in [0.05, 0.1) is 18.8 Å². The van der Waals surface area contributed by atoms with Crippen LogP contribution in [0.2, 0.25) is 0 Å². The van der Waals surface area contributed by atoms with Crippen LogP contribution >= 0.6 is 0 Å². The lowest BCUT2D eigenvalue weighted by molar-refractivity contribution is -0.0853. The lowest BCUT2D eigenvalue weighted by atomic mass is 10.0. The van der Waals surface area contributed by atoms with Gasteiger partial charge in [-0.1, -0.05) is 6.92 Å². The molecular weight excluding hydrogens is 252 g/mol. The summed E-state index contributed by atoms with van der Waals surface area (Å²) in [5, 5.41) is 0.